The number of nitrogens with zero attached hydrogens (tertiary/aromatic N) is 1. The topological polar surface area (TPSA) is 45.8 Å². The van der Waals surface area contributed by atoms with Gasteiger partial charge >= 0.3 is 0 Å². The Hall–Kier alpha value is -2.42. The number of benzene rings is 1. The highest BCUT2D eigenvalue weighted by Gasteiger charge is 2.06. The number of nitrogens with one attached hydrogen (secondary N) is 1. The first-order valence-corrected chi connectivity index (χ1v) is 6.21. The lowest BCUT2D eigenvalue weighted by Gasteiger charge is -2.08. The number of aromatic nitrogens is 2. The van der Waals surface area contributed by atoms with Crippen molar-refractivity contribution < 1.29 is 0 Å². The van der Waals surface area contributed by atoms with E-state index in [1.54, 1.807) is 0 Å². The minimum atomic E-state index is -0.0847. The van der Waals surface area contributed by atoms with E-state index in [9.17, 15) is 4.79 Å². The molecule has 19 heavy (non-hydrogen) atoms. The Morgan fingerprint density at radius 3 is 2.68 bits per heavy atom. The minimum Gasteiger partial charge on any atom is -0.322 e. The first-order valence-electron chi connectivity index (χ1n) is 6.21. The number of pyridine rings is 2. The van der Waals surface area contributed by atoms with Crippen LogP contribution >= 0.6 is 0 Å². The van der Waals surface area contributed by atoms with E-state index in [1.165, 1.54) is 17.2 Å². The lowest BCUT2D eigenvalue weighted by atomic mass is 10.0. The van der Waals surface area contributed by atoms with Crippen molar-refractivity contribution in [1.82, 2.24) is 9.97 Å². The Bertz CT molecular complexity index is 818. The normalized spacial score (nSPS) is 10.8. The number of hydrogen-bond acceptors (Lipinski definition) is 2. The predicted octanol–water partition coefficient (Wildman–Crippen LogP) is 3.21. The van der Waals surface area contributed by atoms with Crippen LogP contribution < -0.4 is 5.56 Å². The SMILES string of the molecule is Cc1ccnc(-c2ccc3ccc(=O)[nH]c3c2)c1C. The van der Waals surface area contributed by atoms with E-state index in [0.29, 0.717) is 0 Å². The molecule has 0 fully saturated rings. The smallest absolute Gasteiger partial charge is 0.248 e. The van der Waals surface area contributed by atoms with Gasteiger partial charge in [-0.05, 0) is 48.6 Å². The molecule has 2 aromatic heterocycles. The summed E-state index contributed by atoms with van der Waals surface area (Å²) in [6, 6.07) is 11.4. The van der Waals surface area contributed by atoms with E-state index in [0.717, 1.165) is 22.2 Å². The summed E-state index contributed by atoms with van der Waals surface area (Å²) in [6.45, 7) is 4.14. The van der Waals surface area contributed by atoms with Crippen LogP contribution in [0.3, 0.4) is 0 Å². The van der Waals surface area contributed by atoms with Crippen molar-refractivity contribution in [2.45, 2.75) is 13.8 Å². The van der Waals surface area contributed by atoms with Crippen molar-refractivity contribution in [3.05, 3.63) is 64.1 Å². The molecule has 0 aliphatic heterocycles. The molecule has 0 amide bonds. The molecule has 2 heterocycles. The Balaban J connectivity index is 2.25. The second-order valence-corrected chi connectivity index (χ2v) is 4.73. The maximum absolute atomic E-state index is 11.4. The molecule has 0 unspecified atom stereocenters. The quantitative estimate of drug-likeness (QED) is 0.720. The van der Waals surface area contributed by atoms with E-state index in [2.05, 4.69) is 23.8 Å². The Kier molecular flexibility index (Phi) is 2.67. The summed E-state index contributed by atoms with van der Waals surface area (Å²) in [4.78, 5) is 18.7. The molecular formula is C16H14N2O. The highest BCUT2D eigenvalue weighted by atomic mass is 16.1. The zero-order chi connectivity index (χ0) is 13.4. The zero-order valence-electron chi connectivity index (χ0n) is 10.9. The van der Waals surface area contributed by atoms with E-state index < -0.39 is 0 Å². The van der Waals surface area contributed by atoms with Gasteiger partial charge in [0.1, 0.15) is 0 Å². The molecule has 0 aliphatic carbocycles. The van der Waals surface area contributed by atoms with Crippen LogP contribution in [0.15, 0.2) is 47.4 Å². The summed E-state index contributed by atoms with van der Waals surface area (Å²) in [5.74, 6) is 0. The van der Waals surface area contributed by atoms with Crippen LogP contribution in [0.5, 0.6) is 0 Å². The van der Waals surface area contributed by atoms with E-state index in [1.807, 2.05) is 36.5 Å². The summed E-state index contributed by atoms with van der Waals surface area (Å²) >= 11 is 0. The molecule has 0 bridgehead atoms. The molecule has 1 aromatic carbocycles. The molecule has 3 aromatic rings. The first-order chi connectivity index (χ1) is 9.15. The van der Waals surface area contributed by atoms with Gasteiger partial charge in [-0.3, -0.25) is 9.78 Å². The minimum absolute atomic E-state index is 0.0847. The summed E-state index contributed by atoms with van der Waals surface area (Å²) in [7, 11) is 0. The number of fused-ring (bicyclic) bond motifs is 1. The molecule has 0 atom stereocenters. The fraction of sp³-hybridized carbons (Fsp3) is 0.125. The highest BCUT2D eigenvalue weighted by molar-refractivity contribution is 5.83. The van der Waals surface area contributed by atoms with Crippen LogP contribution in [0.4, 0.5) is 0 Å². The van der Waals surface area contributed by atoms with Crippen molar-refractivity contribution in [2.24, 2.45) is 0 Å². The van der Waals surface area contributed by atoms with Gasteiger partial charge in [0, 0.05) is 23.3 Å². The first kappa shape index (κ1) is 11.7. The fourth-order valence-electron chi connectivity index (χ4n) is 2.22. The van der Waals surface area contributed by atoms with Gasteiger partial charge in [0.25, 0.3) is 0 Å². The number of hydrogen-bond donors (Lipinski definition) is 1. The third-order valence-electron chi connectivity index (χ3n) is 3.47. The standard InChI is InChI=1S/C16H14N2O/c1-10-7-8-17-16(11(10)2)13-4-3-12-5-6-15(19)18-14(12)9-13/h3-9H,1-2H3,(H,18,19). The van der Waals surface area contributed by atoms with Crippen molar-refractivity contribution >= 4 is 10.9 Å². The molecule has 3 nitrogen and oxygen atoms in total. The fourth-order valence-corrected chi connectivity index (χ4v) is 2.22. The lowest BCUT2D eigenvalue weighted by Crippen LogP contribution is -2.02. The molecule has 94 valence electrons. The average Bonchev–Trinajstić information content (AvgIpc) is 2.41. The summed E-state index contributed by atoms with van der Waals surface area (Å²) in [5, 5.41) is 1.02. The molecule has 0 spiro atoms. The monoisotopic (exact) mass is 250 g/mol. The van der Waals surface area contributed by atoms with Gasteiger partial charge in [-0.15, -0.1) is 0 Å². The molecule has 0 saturated heterocycles. The molecule has 3 heteroatoms. The van der Waals surface area contributed by atoms with Crippen LogP contribution in [-0.2, 0) is 0 Å². The lowest BCUT2D eigenvalue weighted by molar-refractivity contribution is 1.22. The maximum Gasteiger partial charge on any atom is 0.248 e. The maximum atomic E-state index is 11.4. The molecule has 3 rings (SSSR count). The molecule has 0 radical (unpaired) electrons. The zero-order valence-corrected chi connectivity index (χ0v) is 10.9. The number of aryl methyl sites for hydroxylation is 1. The third kappa shape index (κ3) is 2.03. The van der Waals surface area contributed by atoms with Crippen LogP contribution in [-0.4, -0.2) is 9.97 Å². The number of H-pyrrole nitrogens is 1. The van der Waals surface area contributed by atoms with Crippen molar-refractivity contribution in [2.75, 3.05) is 0 Å². The van der Waals surface area contributed by atoms with Gasteiger partial charge in [-0.25, -0.2) is 0 Å². The average molecular weight is 250 g/mol. The van der Waals surface area contributed by atoms with Gasteiger partial charge in [-0.2, -0.15) is 0 Å². The van der Waals surface area contributed by atoms with Crippen LogP contribution in [0, 0.1) is 13.8 Å². The summed E-state index contributed by atoms with van der Waals surface area (Å²) in [5.41, 5.74) is 5.13. The van der Waals surface area contributed by atoms with Crippen LogP contribution in [0.2, 0.25) is 0 Å². The van der Waals surface area contributed by atoms with E-state index >= 15 is 0 Å². The van der Waals surface area contributed by atoms with Gasteiger partial charge < -0.3 is 4.98 Å². The Labute approximate surface area is 111 Å². The summed E-state index contributed by atoms with van der Waals surface area (Å²) in [6.07, 6.45) is 1.82. The largest absolute Gasteiger partial charge is 0.322 e. The number of aromatic amines is 1. The molecule has 0 saturated carbocycles. The molecule has 1 N–H and O–H groups in total. The molecule has 0 aliphatic rings. The predicted molar refractivity (Wildman–Crippen MR) is 77.3 cm³/mol. The second kappa shape index (κ2) is 4.35. The van der Waals surface area contributed by atoms with Crippen LogP contribution in [0.25, 0.3) is 22.2 Å². The van der Waals surface area contributed by atoms with Gasteiger partial charge in [0.2, 0.25) is 5.56 Å². The van der Waals surface area contributed by atoms with Gasteiger partial charge in [0.15, 0.2) is 0 Å². The highest BCUT2D eigenvalue weighted by Crippen LogP contribution is 2.25. The third-order valence-corrected chi connectivity index (χ3v) is 3.47. The van der Waals surface area contributed by atoms with Gasteiger partial charge in [0.05, 0.1) is 5.69 Å². The molecular weight excluding hydrogens is 236 g/mol. The van der Waals surface area contributed by atoms with Crippen LogP contribution in [0.1, 0.15) is 11.1 Å². The van der Waals surface area contributed by atoms with Crippen molar-refractivity contribution in [1.29, 1.82) is 0 Å². The van der Waals surface area contributed by atoms with E-state index in [4.69, 9.17) is 0 Å². The number of rotatable bonds is 1. The van der Waals surface area contributed by atoms with Gasteiger partial charge in [-0.1, -0.05) is 12.1 Å². The Morgan fingerprint density at radius 1 is 1.05 bits per heavy atom. The van der Waals surface area contributed by atoms with E-state index in [-0.39, 0.29) is 5.56 Å². The summed E-state index contributed by atoms with van der Waals surface area (Å²) < 4.78 is 0. The Morgan fingerprint density at radius 2 is 1.84 bits per heavy atom. The van der Waals surface area contributed by atoms with Crippen molar-refractivity contribution in [3.8, 4) is 11.3 Å². The van der Waals surface area contributed by atoms with Crippen molar-refractivity contribution in [3.63, 3.8) is 0 Å². The second-order valence-electron chi connectivity index (χ2n) is 4.73.